The summed E-state index contributed by atoms with van der Waals surface area (Å²) in [7, 11) is 0. The molecule has 0 aliphatic rings. The molecule has 21 heavy (non-hydrogen) atoms. The zero-order chi connectivity index (χ0) is 14.7. The number of aryl methyl sites for hydroxylation is 1. The highest BCUT2D eigenvalue weighted by Gasteiger charge is 2.09. The van der Waals surface area contributed by atoms with Gasteiger partial charge < -0.3 is 0 Å². The van der Waals surface area contributed by atoms with Gasteiger partial charge in [-0.3, -0.25) is 4.79 Å². The molecule has 0 unspecified atom stereocenters. The molecule has 0 aliphatic carbocycles. The molecular weight excluding hydrogens is 278 g/mol. The molecule has 0 fully saturated rings. The molecular formula is C18H15NOS. The number of Topliss-reactive ketones (excluding diaryl/α,β-unsaturated/α-hetero) is 1. The summed E-state index contributed by atoms with van der Waals surface area (Å²) in [6, 6.07) is 17.9. The van der Waals surface area contributed by atoms with Crippen LogP contribution in [-0.4, -0.2) is 10.8 Å². The van der Waals surface area contributed by atoms with Crippen LogP contribution in [0.4, 0.5) is 0 Å². The monoisotopic (exact) mass is 293 g/mol. The summed E-state index contributed by atoms with van der Waals surface area (Å²) >= 11 is 1.58. The molecule has 3 aromatic rings. The number of benzene rings is 2. The van der Waals surface area contributed by atoms with Crippen LogP contribution in [0.25, 0.3) is 11.1 Å². The molecule has 2 aromatic carbocycles. The third-order valence-electron chi connectivity index (χ3n) is 3.32. The Morgan fingerprint density at radius 3 is 2.29 bits per heavy atom. The first kappa shape index (κ1) is 13.7. The van der Waals surface area contributed by atoms with Gasteiger partial charge in [0.2, 0.25) is 0 Å². The van der Waals surface area contributed by atoms with Gasteiger partial charge in [0.15, 0.2) is 5.78 Å². The lowest BCUT2D eigenvalue weighted by molar-refractivity contribution is 0.0992. The summed E-state index contributed by atoms with van der Waals surface area (Å²) in [5, 5.41) is 2.95. The zero-order valence-corrected chi connectivity index (χ0v) is 12.6. The molecule has 0 saturated carbocycles. The van der Waals surface area contributed by atoms with Crippen molar-refractivity contribution in [2.45, 2.75) is 13.3 Å². The summed E-state index contributed by atoms with van der Waals surface area (Å²) in [6.07, 6.45) is 0.370. The van der Waals surface area contributed by atoms with Gasteiger partial charge in [-0.05, 0) is 18.1 Å². The van der Waals surface area contributed by atoms with E-state index in [0.717, 1.165) is 27.4 Å². The molecule has 3 heteroatoms. The SMILES string of the molecule is Cc1nc(CC(=O)c2ccc(-c3ccccc3)cc2)cs1. The number of hydrogen-bond acceptors (Lipinski definition) is 3. The molecule has 0 aliphatic heterocycles. The fraction of sp³-hybridized carbons (Fsp3) is 0.111. The number of ketones is 1. The second-order valence-corrected chi connectivity index (χ2v) is 5.96. The summed E-state index contributed by atoms with van der Waals surface area (Å²) in [5.74, 6) is 0.111. The van der Waals surface area contributed by atoms with Crippen LogP contribution >= 0.6 is 11.3 Å². The molecule has 0 bridgehead atoms. The first-order chi connectivity index (χ1) is 10.2. The second kappa shape index (κ2) is 6.02. The van der Waals surface area contributed by atoms with E-state index in [-0.39, 0.29) is 5.78 Å². The van der Waals surface area contributed by atoms with E-state index in [1.807, 2.05) is 54.8 Å². The van der Waals surface area contributed by atoms with Crippen LogP contribution in [0.15, 0.2) is 60.0 Å². The molecule has 0 radical (unpaired) electrons. The number of aromatic nitrogens is 1. The molecule has 3 rings (SSSR count). The standard InChI is InChI=1S/C18H15NOS/c1-13-19-17(12-21-13)11-18(20)16-9-7-15(8-10-16)14-5-3-2-4-6-14/h2-10,12H,11H2,1H3. The Hall–Kier alpha value is -2.26. The summed E-state index contributed by atoms with van der Waals surface area (Å²) in [5.41, 5.74) is 3.87. The van der Waals surface area contributed by atoms with Crippen LogP contribution in [0, 0.1) is 6.92 Å². The van der Waals surface area contributed by atoms with Crippen LogP contribution in [0.1, 0.15) is 21.1 Å². The number of thiazole rings is 1. The van der Waals surface area contributed by atoms with Crippen LogP contribution in [0.5, 0.6) is 0 Å². The molecule has 104 valence electrons. The van der Waals surface area contributed by atoms with E-state index in [9.17, 15) is 4.79 Å². The Morgan fingerprint density at radius 1 is 1.00 bits per heavy atom. The number of nitrogens with zero attached hydrogens (tertiary/aromatic N) is 1. The van der Waals surface area contributed by atoms with Gasteiger partial charge in [0.1, 0.15) is 0 Å². The Labute approximate surface area is 128 Å². The molecule has 0 saturated heterocycles. The highest BCUT2D eigenvalue weighted by Crippen LogP contribution is 2.20. The normalized spacial score (nSPS) is 10.5. The van der Waals surface area contributed by atoms with E-state index in [2.05, 4.69) is 17.1 Å². The average molecular weight is 293 g/mol. The lowest BCUT2D eigenvalue weighted by Gasteiger charge is -2.03. The lowest BCUT2D eigenvalue weighted by Crippen LogP contribution is -2.03. The molecule has 0 N–H and O–H groups in total. The first-order valence-corrected chi connectivity index (χ1v) is 7.70. The maximum atomic E-state index is 12.2. The van der Waals surface area contributed by atoms with Crippen LogP contribution in [-0.2, 0) is 6.42 Å². The van der Waals surface area contributed by atoms with E-state index in [4.69, 9.17) is 0 Å². The van der Waals surface area contributed by atoms with E-state index >= 15 is 0 Å². The highest BCUT2D eigenvalue weighted by molar-refractivity contribution is 7.09. The minimum Gasteiger partial charge on any atom is -0.294 e. The molecule has 0 spiro atoms. The predicted octanol–water partition coefficient (Wildman–Crippen LogP) is 4.54. The Balaban J connectivity index is 1.76. The van der Waals surface area contributed by atoms with Crippen LogP contribution in [0.3, 0.4) is 0 Å². The predicted molar refractivity (Wildman–Crippen MR) is 86.8 cm³/mol. The summed E-state index contributed by atoms with van der Waals surface area (Å²) in [4.78, 5) is 16.6. The second-order valence-electron chi connectivity index (χ2n) is 4.90. The Bertz CT molecular complexity index is 744. The topological polar surface area (TPSA) is 30.0 Å². The third kappa shape index (κ3) is 3.26. The molecule has 1 heterocycles. The maximum Gasteiger partial charge on any atom is 0.168 e. The number of carbonyl (C=O) groups excluding carboxylic acids is 1. The average Bonchev–Trinajstić information content (AvgIpc) is 2.93. The van der Waals surface area contributed by atoms with Crippen molar-refractivity contribution in [3.05, 3.63) is 76.2 Å². The number of hydrogen-bond donors (Lipinski definition) is 0. The fourth-order valence-electron chi connectivity index (χ4n) is 2.24. The molecule has 1 aromatic heterocycles. The van der Waals surface area contributed by atoms with Gasteiger partial charge in [0.05, 0.1) is 17.1 Å². The van der Waals surface area contributed by atoms with Crippen molar-refractivity contribution in [3.63, 3.8) is 0 Å². The van der Waals surface area contributed by atoms with Crippen molar-refractivity contribution in [1.29, 1.82) is 0 Å². The Kier molecular flexibility index (Phi) is 3.93. The zero-order valence-electron chi connectivity index (χ0n) is 11.7. The minimum atomic E-state index is 0.111. The maximum absolute atomic E-state index is 12.2. The van der Waals surface area contributed by atoms with Gasteiger partial charge in [-0.1, -0.05) is 54.6 Å². The van der Waals surface area contributed by atoms with Crippen molar-refractivity contribution in [3.8, 4) is 11.1 Å². The summed E-state index contributed by atoms with van der Waals surface area (Å²) < 4.78 is 0. The number of rotatable bonds is 4. The van der Waals surface area contributed by atoms with Crippen molar-refractivity contribution < 1.29 is 4.79 Å². The van der Waals surface area contributed by atoms with Gasteiger partial charge in [-0.2, -0.15) is 0 Å². The molecule has 0 amide bonds. The van der Waals surface area contributed by atoms with E-state index in [0.29, 0.717) is 6.42 Å². The third-order valence-corrected chi connectivity index (χ3v) is 4.14. The van der Waals surface area contributed by atoms with Gasteiger partial charge in [-0.25, -0.2) is 4.98 Å². The van der Waals surface area contributed by atoms with Gasteiger partial charge in [-0.15, -0.1) is 11.3 Å². The first-order valence-electron chi connectivity index (χ1n) is 6.82. The van der Waals surface area contributed by atoms with Crippen molar-refractivity contribution in [2.75, 3.05) is 0 Å². The lowest BCUT2D eigenvalue weighted by atomic mass is 10.0. The van der Waals surface area contributed by atoms with E-state index in [1.54, 1.807) is 11.3 Å². The molecule has 2 nitrogen and oxygen atoms in total. The smallest absolute Gasteiger partial charge is 0.168 e. The van der Waals surface area contributed by atoms with E-state index in [1.165, 1.54) is 0 Å². The van der Waals surface area contributed by atoms with Gasteiger partial charge in [0, 0.05) is 10.9 Å². The summed E-state index contributed by atoms with van der Waals surface area (Å²) in [6.45, 7) is 1.95. The minimum absolute atomic E-state index is 0.111. The highest BCUT2D eigenvalue weighted by atomic mass is 32.1. The Morgan fingerprint density at radius 2 is 1.67 bits per heavy atom. The molecule has 0 atom stereocenters. The van der Waals surface area contributed by atoms with Crippen LogP contribution in [0.2, 0.25) is 0 Å². The van der Waals surface area contributed by atoms with E-state index < -0.39 is 0 Å². The quantitative estimate of drug-likeness (QED) is 0.661. The number of carbonyl (C=O) groups is 1. The van der Waals surface area contributed by atoms with Crippen molar-refractivity contribution >= 4 is 17.1 Å². The van der Waals surface area contributed by atoms with Crippen LogP contribution < -0.4 is 0 Å². The van der Waals surface area contributed by atoms with Gasteiger partial charge in [0.25, 0.3) is 0 Å². The fourth-order valence-corrected chi connectivity index (χ4v) is 2.85. The van der Waals surface area contributed by atoms with Crippen molar-refractivity contribution in [2.24, 2.45) is 0 Å². The largest absolute Gasteiger partial charge is 0.294 e. The van der Waals surface area contributed by atoms with Crippen molar-refractivity contribution in [1.82, 2.24) is 4.98 Å². The van der Waals surface area contributed by atoms with Gasteiger partial charge >= 0.3 is 0 Å².